The summed E-state index contributed by atoms with van der Waals surface area (Å²) >= 11 is 4.80. The van der Waals surface area contributed by atoms with Gasteiger partial charge in [0, 0.05) is 18.7 Å². The summed E-state index contributed by atoms with van der Waals surface area (Å²) in [6, 6.07) is 0. The molecule has 0 radical (unpaired) electrons. The van der Waals surface area contributed by atoms with E-state index in [2.05, 4.69) is 15.3 Å². The lowest BCUT2D eigenvalue weighted by Crippen LogP contribution is -2.34. The number of nitrogens with zero attached hydrogens (tertiary/aromatic N) is 2. The van der Waals surface area contributed by atoms with Crippen LogP contribution in [-0.2, 0) is 0 Å². The molecule has 86 valence electrons. The van der Waals surface area contributed by atoms with Crippen LogP contribution in [-0.4, -0.2) is 27.4 Å². The Morgan fingerprint density at radius 3 is 2.75 bits per heavy atom. The second kappa shape index (κ2) is 5.50. The van der Waals surface area contributed by atoms with E-state index >= 15 is 0 Å². The number of hydrogen-bond donors (Lipinski definition) is 2. The molecule has 0 spiro atoms. The third-order valence-electron chi connectivity index (χ3n) is 2.07. The van der Waals surface area contributed by atoms with Gasteiger partial charge in [-0.25, -0.2) is 4.98 Å². The van der Waals surface area contributed by atoms with Gasteiger partial charge in [0.25, 0.3) is 5.91 Å². The van der Waals surface area contributed by atoms with Gasteiger partial charge >= 0.3 is 0 Å². The van der Waals surface area contributed by atoms with E-state index in [1.165, 1.54) is 6.20 Å². The highest BCUT2D eigenvalue weighted by Crippen LogP contribution is 1.96. The summed E-state index contributed by atoms with van der Waals surface area (Å²) in [5.41, 5.74) is 6.50. The first-order valence-corrected chi connectivity index (χ1v) is 5.27. The van der Waals surface area contributed by atoms with E-state index in [4.69, 9.17) is 18.0 Å². The molecule has 1 atom stereocenters. The molecule has 0 aliphatic carbocycles. The molecule has 0 aliphatic rings. The Morgan fingerprint density at radius 2 is 2.25 bits per heavy atom. The summed E-state index contributed by atoms with van der Waals surface area (Å²) in [6.45, 7) is 4.07. The topological polar surface area (TPSA) is 80.9 Å². The zero-order chi connectivity index (χ0) is 12.1. The molecule has 3 N–H and O–H groups in total. The van der Waals surface area contributed by atoms with Gasteiger partial charge in [-0.05, 0) is 6.92 Å². The molecular formula is C10H14N4OS. The molecule has 5 nitrogen and oxygen atoms in total. The van der Waals surface area contributed by atoms with Gasteiger partial charge in [0.15, 0.2) is 0 Å². The maximum Gasteiger partial charge on any atom is 0.271 e. The van der Waals surface area contributed by atoms with Crippen molar-refractivity contribution in [3.8, 4) is 0 Å². The minimum atomic E-state index is -0.268. The largest absolute Gasteiger partial charge is 0.393 e. The van der Waals surface area contributed by atoms with Gasteiger partial charge in [-0.3, -0.25) is 9.78 Å². The van der Waals surface area contributed by atoms with Gasteiger partial charge in [-0.2, -0.15) is 0 Å². The standard InChI is InChI=1S/C10H14N4OS/c1-6(9(11)16)3-14-10(15)8-5-12-7(2)4-13-8/h4-6H,3H2,1-2H3,(H2,11,16)(H,14,15). The lowest BCUT2D eigenvalue weighted by Gasteiger charge is -2.10. The molecule has 0 saturated heterocycles. The summed E-state index contributed by atoms with van der Waals surface area (Å²) in [5.74, 6) is -0.298. The minimum absolute atomic E-state index is 0.0302. The van der Waals surface area contributed by atoms with Gasteiger partial charge in [0.05, 0.1) is 16.9 Å². The van der Waals surface area contributed by atoms with E-state index in [0.717, 1.165) is 5.69 Å². The third kappa shape index (κ3) is 3.54. The van der Waals surface area contributed by atoms with Crippen LogP contribution in [0.4, 0.5) is 0 Å². The van der Waals surface area contributed by atoms with E-state index < -0.39 is 0 Å². The predicted octanol–water partition coefficient (Wildman–Crippen LogP) is 0.437. The smallest absolute Gasteiger partial charge is 0.271 e. The predicted molar refractivity (Wildman–Crippen MR) is 65.1 cm³/mol. The Kier molecular flexibility index (Phi) is 4.30. The number of carbonyl (C=O) groups excluding carboxylic acids is 1. The van der Waals surface area contributed by atoms with E-state index in [-0.39, 0.29) is 11.8 Å². The van der Waals surface area contributed by atoms with Gasteiger partial charge in [-0.15, -0.1) is 0 Å². The molecule has 0 fully saturated rings. The van der Waals surface area contributed by atoms with Gasteiger partial charge in [0.1, 0.15) is 5.69 Å². The van der Waals surface area contributed by atoms with Crippen LogP contribution >= 0.6 is 12.2 Å². The molecule has 1 unspecified atom stereocenters. The first kappa shape index (κ1) is 12.5. The van der Waals surface area contributed by atoms with Crippen molar-refractivity contribution in [1.82, 2.24) is 15.3 Å². The van der Waals surface area contributed by atoms with Crippen LogP contribution < -0.4 is 11.1 Å². The Labute approximate surface area is 99.5 Å². The number of nitrogens with two attached hydrogens (primary N) is 1. The Hall–Kier alpha value is -1.56. The molecule has 0 saturated carbocycles. The number of aromatic nitrogens is 2. The van der Waals surface area contributed by atoms with Crippen LogP contribution in [0.15, 0.2) is 12.4 Å². The monoisotopic (exact) mass is 238 g/mol. The molecule has 1 aromatic heterocycles. The molecule has 1 rings (SSSR count). The van der Waals surface area contributed by atoms with E-state index in [1.54, 1.807) is 6.20 Å². The number of carbonyl (C=O) groups is 1. The molecule has 0 aliphatic heterocycles. The lowest BCUT2D eigenvalue weighted by molar-refractivity contribution is 0.0946. The minimum Gasteiger partial charge on any atom is -0.393 e. The van der Waals surface area contributed by atoms with Crippen LogP contribution in [0.5, 0.6) is 0 Å². The highest BCUT2D eigenvalue weighted by Gasteiger charge is 2.10. The van der Waals surface area contributed by atoms with E-state index in [1.807, 2.05) is 13.8 Å². The van der Waals surface area contributed by atoms with Crippen LogP contribution in [0, 0.1) is 12.8 Å². The van der Waals surface area contributed by atoms with Crippen LogP contribution in [0.25, 0.3) is 0 Å². The molecule has 16 heavy (non-hydrogen) atoms. The molecule has 0 bridgehead atoms. The quantitative estimate of drug-likeness (QED) is 0.744. The fourth-order valence-electron chi connectivity index (χ4n) is 0.947. The van der Waals surface area contributed by atoms with Crippen molar-refractivity contribution in [1.29, 1.82) is 0 Å². The Morgan fingerprint density at radius 1 is 1.56 bits per heavy atom. The average molecular weight is 238 g/mol. The summed E-state index contributed by atoms with van der Waals surface area (Å²) in [4.78, 5) is 19.9. The molecule has 1 amide bonds. The number of amides is 1. The summed E-state index contributed by atoms with van der Waals surface area (Å²) in [5, 5.41) is 2.69. The summed E-state index contributed by atoms with van der Waals surface area (Å²) in [6.07, 6.45) is 2.99. The SMILES string of the molecule is Cc1cnc(C(=O)NCC(C)C(N)=S)cn1. The normalized spacial score (nSPS) is 11.9. The highest BCUT2D eigenvalue weighted by molar-refractivity contribution is 7.80. The van der Waals surface area contributed by atoms with E-state index in [9.17, 15) is 4.79 Å². The van der Waals surface area contributed by atoms with Crippen molar-refractivity contribution < 1.29 is 4.79 Å². The number of nitrogens with one attached hydrogen (secondary N) is 1. The molecule has 1 heterocycles. The average Bonchev–Trinajstić information content (AvgIpc) is 2.26. The fraction of sp³-hybridized carbons (Fsp3) is 0.400. The maximum atomic E-state index is 11.6. The first-order chi connectivity index (χ1) is 7.50. The lowest BCUT2D eigenvalue weighted by atomic mass is 10.2. The molecule has 6 heteroatoms. The number of aryl methyl sites for hydroxylation is 1. The highest BCUT2D eigenvalue weighted by atomic mass is 32.1. The zero-order valence-electron chi connectivity index (χ0n) is 9.23. The molecule has 1 aromatic rings. The number of rotatable bonds is 4. The summed E-state index contributed by atoms with van der Waals surface area (Å²) in [7, 11) is 0. The van der Waals surface area contributed by atoms with Crippen molar-refractivity contribution in [2.24, 2.45) is 11.7 Å². The third-order valence-corrected chi connectivity index (χ3v) is 2.47. The second-order valence-corrected chi connectivity index (χ2v) is 4.03. The Balaban J connectivity index is 2.53. The molecular weight excluding hydrogens is 224 g/mol. The van der Waals surface area contributed by atoms with Crippen molar-refractivity contribution in [2.45, 2.75) is 13.8 Å². The van der Waals surface area contributed by atoms with Gasteiger partial charge in [-0.1, -0.05) is 19.1 Å². The van der Waals surface area contributed by atoms with Crippen molar-refractivity contribution in [3.63, 3.8) is 0 Å². The molecule has 0 aromatic carbocycles. The summed E-state index contributed by atoms with van der Waals surface area (Å²) < 4.78 is 0. The number of hydrogen-bond acceptors (Lipinski definition) is 4. The van der Waals surface area contributed by atoms with Crippen LogP contribution in [0.1, 0.15) is 23.1 Å². The van der Waals surface area contributed by atoms with Crippen molar-refractivity contribution >= 4 is 23.1 Å². The van der Waals surface area contributed by atoms with Crippen molar-refractivity contribution in [2.75, 3.05) is 6.54 Å². The van der Waals surface area contributed by atoms with Crippen LogP contribution in [0.3, 0.4) is 0 Å². The second-order valence-electron chi connectivity index (χ2n) is 3.56. The van der Waals surface area contributed by atoms with Gasteiger partial charge < -0.3 is 11.1 Å². The zero-order valence-corrected chi connectivity index (χ0v) is 10.0. The van der Waals surface area contributed by atoms with Crippen LogP contribution in [0.2, 0.25) is 0 Å². The first-order valence-electron chi connectivity index (χ1n) is 4.87. The number of thiocarbonyl (C=S) groups is 1. The van der Waals surface area contributed by atoms with Gasteiger partial charge in [0.2, 0.25) is 0 Å². The maximum absolute atomic E-state index is 11.6. The Bertz CT molecular complexity index is 390. The van der Waals surface area contributed by atoms with Crippen molar-refractivity contribution in [3.05, 3.63) is 23.8 Å². The fourth-order valence-corrected chi connectivity index (χ4v) is 1.03. The van der Waals surface area contributed by atoms with E-state index in [0.29, 0.717) is 17.2 Å².